The third-order valence-electron chi connectivity index (χ3n) is 3.19. The molecule has 0 bridgehead atoms. The molecule has 5 nitrogen and oxygen atoms in total. The average Bonchev–Trinajstić information content (AvgIpc) is 2.99. The molecule has 3 rings (SSSR count). The van der Waals surface area contributed by atoms with Crippen LogP contribution in [-0.4, -0.2) is 22.7 Å². The molecule has 118 valence electrons. The molecule has 8 heteroatoms. The molecule has 1 unspecified atom stereocenters. The zero-order valence-corrected chi connectivity index (χ0v) is 13.9. The molecule has 1 aromatic heterocycles. The van der Waals surface area contributed by atoms with Crippen LogP contribution in [0.4, 0.5) is 10.2 Å². The van der Waals surface area contributed by atoms with Crippen molar-refractivity contribution < 1.29 is 14.0 Å². The first-order valence-electron chi connectivity index (χ1n) is 6.64. The van der Waals surface area contributed by atoms with Gasteiger partial charge in [0.15, 0.2) is 0 Å². The fourth-order valence-corrected chi connectivity index (χ4v) is 2.60. The molecule has 1 aliphatic rings. The molecular formula is C15H10BrClFN3O2. The first-order valence-corrected chi connectivity index (χ1v) is 7.81. The summed E-state index contributed by atoms with van der Waals surface area (Å²) < 4.78 is 14.7. The van der Waals surface area contributed by atoms with E-state index in [0.717, 1.165) is 4.47 Å². The number of nitrogens with one attached hydrogen (secondary N) is 1. The number of amides is 1. The smallest absolute Gasteiger partial charge is 0.269 e. The summed E-state index contributed by atoms with van der Waals surface area (Å²) >= 11 is 9.25. The third-order valence-corrected chi connectivity index (χ3v) is 3.98. The average molecular weight is 399 g/mol. The minimum atomic E-state index is -0.855. The van der Waals surface area contributed by atoms with E-state index in [9.17, 15) is 9.18 Å². The quantitative estimate of drug-likeness (QED) is 0.856. The molecule has 0 saturated carbocycles. The van der Waals surface area contributed by atoms with E-state index in [1.165, 1.54) is 12.1 Å². The maximum atomic E-state index is 13.9. The van der Waals surface area contributed by atoms with Gasteiger partial charge in [0.2, 0.25) is 6.10 Å². The fourth-order valence-electron chi connectivity index (χ4n) is 2.10. The van der Waals surface area contributed by atoms with Crippen molar-refractivity contribution in [2.45, 2.75) is 12.5 Å². The van der Waals surface area contributed by atoms with E-state index in [1.807, 2.05) is 0 Å². The van der Waals surface area contributed by atoms with Gasteiger partial charge in [-0.25, -0.2) is 9.37 Å². The van der Waals surface area contributed by atoms with Crippen molar-refractivity contribution in [3.63, 3.8) is 0 Å². The molecule has 0 radical (unpaired) electrons. The largest absolute Gasteiger partial charge is 0.382 e. The molecule has 1 atom stereocenters. The van der Waals surface area contributed by atoms with Gasteiger partial charge in [-0.05, 0) is 40.2 Å². The van der Waals surface area contributed by atoms with E-state index < -0.39 is 17.8 Å². The summed E-state index contributed by atoms with van der Waals surface area (Å²) in [5.41, 5.74) is 0.461. The van der Waals surface area contributed by atoms with Gasteiger partial charge in [0.05, 0.1) is 16.3 Å². The van der Waals surface area contributed by atoms with Gasteiger partial charge in [0.25, 0.3) is 5.91 Å². The topological polar surface area (TPSA) is 63.6 Å². The lowest BCUT2D eigenvalue weighted by Crippen LogP contribution is -2.28. The van der Waals surface area contributed by atoms with Crippen LogP contribution in [0, 0.1) is 5.82 Å². The summed E-state index contributed by atoms with van der Waals surface area (Å²) in [6, 6.07) is 7.73. The van der Waals surface area contributed by atoms with Crippen LogP contribution in [0.1, 0.15) is 12.0 Å². The van der Waals surface area contributed by atoms with Gasteiger partial charge in [-0.1, -0.05) is 22.8 Å². The van der Waals surface area contributed by atoms with Gasteiger partial charge in [0.1, 0.15) is 11.6 Å². The minimum absolute atomic E-state index is 0.128. The molecule has 1 amide bonds. The number of anilines is 1. The Labute approximate surface area is 144 Å². The number of hydrogen-bond donors (Lipinski definition) is 1. The van der Waals surface area contributed by atoms with E-state index in [4.69, 9.17) is 16.4 Å². The van der Waals surface area contributed by atoms with Crippen molar-refractivity contribution in [1.82, 2.24) is 4.98 Å². The zero-order chi connectivity index (χ0) is 16.4. The van der Waals surface area contributed by atoms with Crippen molar-refractivity contribution >= 4 is 45.0 Å². The first kappa shape index (κ1) is 15.9. The number of pyridine rings is 1. The molecule has 0 fully saturated rings. The van der Waals surface area contributed by atoms with E-state index in [0.29, 0.717) is 11.5 Å². The number of benzene rings is 1. The maximum Gasteiger partial charge on any atom is 0.269 e. The molecule has 1 N–H and O–H groups in total. The lowest BCUT2D eigenvalue weighted by atomic mass is 10.0. The maximum absolute atomic E-state index is 13.9. The molecule has 2 heterocycles. The van der Waals surface area contributed by atoms with Crippen LogP contribution < -0.4 is 5.32 Å². The van der Waals surface area contributed by atoms with E-state index in [2.05, 4.69) is 31.4 Å². The molecule has 0 saturated heterocycles. The van der Waals surface area contributed by atoms with Gasteiger partial charge >= 0.3 is 0 Å². The van der Waals surface area contributed by atoms with Crippen molar-refractivity contribution in [3.05, 3.63) is 57.4 Å². The molecule has 0 spiro atoms. The summed E-state index contributed by atoms with van der Waals surface area (Å²) in [5, 5.41) is 6.63. The highest BCUT2D eigenvalue weighted by atomic mass is 79.9. The van der Waals surface area contributed by atoms with E-state index in [-0.39, 0.29) is 17.0 Å². The van der Waals surface area contributed by atoms with Crippen LogP contribution in [0.3, 0.4) is 0 Å². The molecule has 2 aromatic rings. The summed E-state index contributed by atoms with van der Waals surface area (Å²) in [6.07, 6.45) is 0.834. The Morgan fingerprint density at radius 3 is 2.91 bits per heavy atom. The molecular weight excluding hydrogens is 389 g/mol. The number of aromatic nitrogens is 1. The zero-order valence-electron chi connectivity index (χ0n) is 11.6. The van der Waals surface area contributed by atoms with Gasteiger partial charge in [-0.3, -0.25) is 4.79 Å². The number of rotatable bonds is 3. The Balaban J connectivity index is 1.69. The highest BCUT2D eigenvalue weighted by Gasteiger charge is 2.31. The Morgan fingerprint density at radius 2 is 2.22 bits per heavy atom. The standard InChI is InChI=1S/C15H10BrClFN3O2/c16-8-4-5-13(19-7-8)20-15(22)12-6-11(21-23-12)14-9(17)2-1-3-10(14)18/h1-5,7,12H,6H2,(H,19,20,22). The van der Waals surface area contributed by atoms with Crippen LogP contribution in [-0.2, 0) is 9.63 Å². The molecule has 0 aliphatic carbocycles. The monoisotopic (exact) mass is 397 g/mol. The number of nitrogens with zero attached hydrogens (tertiary/aromatic N) is 2. The Hall–Kier alpha value is -1.99. The number of carbonyl (C=O) groups is 1. The second kappa shape index (κ2) is 6.64. The third kappa shape index (κ3) is 3.51. The van der Waals surface area contributed by atoms with Crippen LogP contribution in [0.5, 0.6) is 0 Å². The lowest BCUT2D eigenvalue weighted by Gasteiger charge is -2.09. The SMILES string of the molecule is O=C(Nc1ccc(Br)cn1)C1CC(c2c(F)cccc2Cl)=NO1. The highest BCUT2D eigenvalue weighted by molar-refractivity contribution is 9.10. The minimum Gasteiger partial charge on any atom is -0.382 e. The second-order valence-corrected chi connectivity index (χ2v) is 6.11. The van der Waals surface area contributed by atoms with Gasteiger partial charge in [0, 0.05) is 17.1 Å². The Bertz CT molecular complexity index is 763. The van der Waals surface area contributed by atoms with Gasteiger partial charge < -0.3 is 10.2 Å². The van der Waals surface area contributed by atoms with Crippen LogP contribution in [0.25, 0.3) is 0 Å². The number of halogens is 3. The Morgan fingerprint density at radius 1 is 1.39 bits per heavy atom. The van der Waals surface area contributed by atoms with Crippen molar-refractivity contribution in [3.8, 4) is 0 Å². The predicted octanol–water partition coefficient (Wildman–Crippen LogP) is 3.77. The van der Waals surface area contributed by atoms with E-state index in [1.54, 1.807) is 24.4 Å². The number of hydrogen-bond acceptors (Lipinski definition) is 4. The number of carbonyl (C=O) groups excluding carboxylic acids is 1. The summed E-state index contributed by atoms with van der Waals surface area (Å²) in [6.45, 7) is 0. The van der Waals surface area contributed by atoms with E-state index >= 15 is 0 Å². The van der Waals surface area contributed by atoms with Crippen LogP contribution in [0.2, 0.25) is 5.02 Å². The normalized spacial score (nSPS) is 16.7. The first-order chi connectivity index (χ1) is 11.0. The van der Waals surface area contributed by atoms with Crippen LogP contribution in [0.15, 0.2) is 46.2 Å². The summed E-state index contributed by atoms with van der Waals surface area (Å²) in [4.78, 5) is 21.3. The Kier molecular flexibility index (Phi) is 4.58. The van der Waals surface area contributed by atoms with Crippen LogP contribution >= 0.6 is 27.5 Å². The fraction of sp³-hybridized carbons (Fsp3) is 0.133. The highest BCUT2D eigenvalue weighted by Crippen LogP contribution is 2.26. The van der Waals surface area contributed by atoms with Crippen molar-refractivity contribution in [2.24, 2.45) is 5.16 Å². The summed E-state index contributed by atoms with van der Waals surface area (Å²) in [7, 11) is 0. The lowest BCUT2D eigenvalue weighted by molar-refractivity contribution is -0.125. The molecule has 1 aromatic carbocycles. The predicted molar refractivity (Wildman–Crippen MR) is 88.0 cm³/mol. The molecule has 1 aliphatic heterocycles. The number of oxime groups is 1. The van der Waals surface area contributed by atoms with Crippen molar-refractivity contribution in [2.75, 3.05) is 5.32 Å². The van der Waals surface area contributed by atoms with Gasteiger partial charge in [-0.2, -0.15) is 0 Å². The molecule has 23 heavy (non-hydrogen) atoms. The van der Waals surface area contributed by atoms with Crippen molar-refractivity contribution in [1.29, 1.82) is 0 Å². The second-order valence-electron chi connectivity index (χ2n) is 4.78. The summed E-state index contributed by atoms with van der Waals surface area (Å²) in [5.74, 6) is -0.527. The van der Waals surface area contributed by atoms with Gasteiger partial charge in [-0.15, -0.1) is 0 Å².